The summed E-state index contributed by atoms with van der Waals surface area (Å²) in [7, 11) is 5.40. The van der Waals surface area contributed by atoms with Gasteiger partial charge in [0, 0.05) is 40.8 Å². The van der Waals surface area contributed by atoms with Crippen LogP contribution in [0.3, 0.4) is 0 Å². The van der Waals surface area contributed by atoms with Crippen LogP contribution in [0.25, 0.3) is 6.08 Å². The molecule has 57 heavy (non-hydrogen) atoms. The van der Waals surface area contributed by atoms with Crippen molar-refractivity contribution in [3.05, 3.63) is 59.9 Å². The maximum absolute atomic E-state index is 7.54. The monoisotopic (exact) mass is 849 g/mol. The number of aromatic nitrogens is 1. The molecule has 9 nitrogen and oxygen atoms in total. The molecule has 3 rings (SSSR count). The highest BCUT2D eigenvalue weighted by molar-refractivity contribution is 8.23. The fraction of sp³-hybridized carbons (Fsp3) is 0.750. The fourth-order valence-electron chi connectivity index (χ4n) is 9.32. The molecule has 0 N–H and O–H groups in total. The third-order valence-corrected chi connectivity index (χ3v) is 19.2. The summed E-state index contributed by atoms with van der Waals surface area (Å²) in [6, 6.07) is 0. The SMILES string of the molecule is C=CC[C@H](/C=C/C(C)=C/[C@@H](O[Si](C(C)C)(C(C)C)C(C)C)[C@H]1C[C@@H](OC)C[C@](Cc2nc(/C=C(\C)[C@@H]3O[C@H](CCOB(P)S)[C@H](C)[C@H](C)[C@H]3C)co2)(OC)O1)OC. The summed E-state index contributed by atoms with van der Waals surface area (Å²) >= 11 is 4.34. The third kappa shape index (κ3) is 13.5. The minimum Gasteiger partial charge on any atom is -0.448 e. The lowest BCUT2D eigenvalue weighted by Gasteiger charge is -2.49. The number of methoxy groups -OCH3 is 3. The first-order valence-corrected chi connectivity index (χ1v) is 24.5. The van der Waals surface area contributed by atoms with Gasteiger partial charge in [-0.25, -0.2) is 4.98 Å². The van der Waals surface area contributed by atoms with E-state index < -0.39 is 14.1 Å². The summed E-state index contributed by atoms with van der Waals surface area (Å²) in [4.78, 5) is 4.95. The zero-order chi connectivity index (χ0) is 42.7. The van der Waals surface area contributed by atoms with Gasteiger partial charge < -0.3 is 37.2 Å². The Morgan fingerprint density at radius 1 is 1.07 bits per heavy atom. The Morgan fingerprint density at radius 3 is 2.30 bits per heavy atom. The van der Waals surface area contributed by atoms with Crippen LogP contribution in [0.5, 0.6) is 0 Å². The molecule has 0 amide bonds. The van der Waals surface area contributed by atoms with Gasteiger partial charge >= 0.3 is 5.91 Å². The quantitative estimate of drug-likeness (QED) is 0.0403. The maximum Gasteiger partial charge on any atom is 0.380 e. The van der Waals surface area contributed by atoms with E-state index in [1.165, 1.54) is 0 Å². The maximum atomic E-state index is 7.54. The van der Waals surface area contributed by atoms with Crippen molar-refractivity contribution in [3.63, 3.8) is 0 Å². The summed E-state index contributed by atoms with van der Waals surface area (Å²) < 4.78 is 51.3. The zero-order valence-corrected chi connectivity index (χ0v) is 40.7. The van der Waals surface area contributed by atoms with Crippen LogP contribution >= 0.6 is 21.6 Å². The van der Waals surface area contributed by atoms with Crippen LogP contribution in [0.15, 0.2) is 52.7 Å². The van der Waals surface area contributed by atoms with Crippen LogP contribution in [-0.4, -0.2) is 89.6 Å². The second kappa shape index (κ2) is 23.2. The smallest absolute Gasteiger partial charge is 0.380 e. The van der Waals surface area contributed by atoms with Gasteiger partial charge in [0.15, 0.2) is 11.7 Å². The number of allylic oxidation sites excluding steroid dienone is 2. The van der Waals surface area contributed by atoms with Crippen LogP contribution in [0.1, 0.15) is 113 Å². The van der Waals surface area contributed by atoms with Gasteiger partial charge in [-0.15, -0.1) is 15.7 Å². The molecular weight excluding hydrogens is 772 g/mol. The second-order valence-corrected chi connectivity index (χ2v) is 24.6. The third-order valence-electron chi connectivity index (χ3n) is 12.8. The lowest BCUT2D eigenvalue weighted by atomic mass is 9.74. The largest absolute Gasteiger partial charge is 0.448 e. The van der Waals surface area contributed by atoms with Gasteiger partial charge in [0.1, 0.15) is 12.0 Å². The topological polar surface area (TPSA) is 90.6 Å². The highest BCUT2D eigenvalue weighted by Crippen LogP contribution is 2.46. The van der Waals surface area contributed by atoms with Crippen molar-refractivity contribution < 1.29 is 37.2 Å². The van der Waals surface area contributed by atoms with Crippen LogP contribution < -0.4 is 0 Å². The van der Waals surface area contributed by atoms with E-state index >= 15 is 0 Å². The number of hydrogen-bond acceptors (Lipinski definition) is 10. The van der Waals surface area contributed by atoms with Crippen molar-refractivity contribution in [2.24, 2.45) is 17.8 Å². The molecule has 13 heteroatoms. The number of nitrogens with zero attached hydrogens (tertiary/aromatic N) is 1. The number of rotatable bonds is 22. The van der Waals surface area contributed by atoms with Crippen molar-refractivity contribution in [1.82, 2.24) is 4.98 Å². The van der Waals surface area contributed by atoms with E-state index in [0.717, 1.165) is 29.7 Å². The normalized spacial score (nSPS) is 29.1. The molecule has 11 atom stereocenters. The lowest BCUT2D eigenvalue weighted by Crippen LogP contribution is -2.57. The first-order valence-electron chi connectivity index (χ1n) is 21.1. The Hall–Kier alpha value is -1.05. The van der Waals surface area contributed by atoms with Crippen molar-refractivity contribution in [3.8, 4) is 0 Å². The van der Waals surface area contributed by atoms with Gasteiger partial charge in [-0.05, 0) is 72.7 Å². The summed E-state index contributed by atoms with van der Waals surface area (Å²) in [6.45, 7) is 29.5. The van der Waals surface area contributed by atoms with Crippen molar-refractivity contribution in [1.29, 1.82) is 0 Å². The first kappa shape index (κ1) is 50.3. The molecule has 3 heterocycles. The molecule has 1 aromatic rings. The highest BCUT2D eigenvalue weighted by atomic mass is 32.1. The fourth-order valence-corrected chi connectivity index (χ4v) is 15.1. The predicted molar refractivity (Wildman–Crippen MR) is 244 cm³/mol. The molecule has 0 aromatic carbocycles. The Morgan fingerprint density at radius 2 is 1.74 bits per heavy atom. The second-order valence-electron chi connectivity index (χ2n) is 17.5. The number of ether oxygens (including phenoxy) is 5. The Bertz CT molecular complexity index is 1450. The molecule has 2 saturated heterocycles. The molecule has 0 saturated carbocycles. The van der Waals surface area contributed by atoms with E-state index in [-0.39, 0.29) is 42.5 Å². The number of hydrogen-bond donors (Lipinski definition) is 1. The van der Waals surface area contributed by atoms with Gasteiger partial charge in [0.25, 0.3) is 0 Å². The van der Waals surface area contributed by atoms with Crippen molar-refractivity contribution in [2.45, 2.75) is 167 Å². The standard InChI is InChI=1S/C44H77BNO8PSSi/c1-16-17-37(47-13)19-18-31(8)22-41(54-57(28(2)3,29(4)5)30(6)7)40-24-38(48-14)25-44(49-15,53-40)26-42-46-36(27-50-42)23-32(9)43-35(12)33(10)34(11)39(52-43)20-21-51-45(55)56/h16,18-19,22-23,27-30,33-35,37-41,43,56H,1,17,20-21,24-26,55H2,2-15H3/b19-18+,31-22+,32-23+/t33-,34+,35+,37+,38+,39+,40+,41+,43-,44-/m0/s1. The molecule has 2 aliphatic heterocycles. The molecule has 0 aliphatic carbocycles. The molecule has 2 fully saturated rings. The molecule has 1 unspecified atom stereocenters. The van der Waals surface area contributed by atoms with Crippen molar-refractivity contribution in [2.75, 3.05) is 27.9 Å². The molecule has 0 bridgehead atoms. The molecule has 324 valence electrons. The van der Waals surface area contributed by atoms with Gasteiger partial charge in [-0.3, -0.25) is 0 Å². The highest BCUT2D eigenvalue weighted by Gasteiger charge is 2.51. The Labute approximate surface area is 355 Å². The van der Waals surface area contributed by atoms with E-state index in [4.69, 9.17) is 42.2 Å². The zero-order valence-electron chi connectivity index (χ0n) is 37.7. The lowest BCUT2D eigenvalue weighted by molar-refractivity contribution is -0.297. The summed E-state index contributed by atoms with van der Waals surface area (Å²) in [5, 5.41) is 0. The molecule has 2 aliphatic rings. The van der Waals surface area contributed by atoms with Gasteiger partial charge in [-0.2, -0.15) is 12.5 Å². The number of oxazole rings is 1. The summed E-state index contributed by atoms with van der Waals surface area (Å²) in [5.41, 5.74) is 4.10. The predicted octanol–water partition coefficient (Wildman–Crippen LogP) is 10.7. The van der Waals surface area contributed by atoms with E-state index in [0.29, 0.717) is 66.1 Å². The van der Waals surface area contributed by atoms with Gasteiger partial charge in [-0.1, -0.05) is 92.2 Å². The molecule has 1 aromatic heterocycles. The van der Waals surface area contributed by atoms with E-state index in [1.807, 2.05) is 6.08 Å². The summed E-state index contributed by atoms with van der Waals surface area (Å²) in [6.07, 6.45) is 14.3. The first-order chi connectivity index (χ1) is 26.9. The molecule has 0 spiro atoms. The van der Waals surface area contributed by atoms with E-state index in [1.54, 1.807) is 27.6 Å². The number of thiol groups is 1. The van der Waals surface area contributed by atoms with Crippen LogP contribution in [0.2, 0.25) is 16.6 Å². The van der Waals surface area contributed by atoms with Crippen molar-refractivity contribution >= 4 is 41.9 Å². The molecule has 0 radical (unpaired) electrons. The van der Waals surface area contributed by atoms with Gasteiger partial charge in [0.2, 0.25) is 8.32 Å². The Kier molecular flexibility index (Phi) is 20.5. The average molecular weight is 850 g/mol. The Balaban J connectivity index is 1.95. The summed E-state index contributed by atoms with van der Waals surface area (Å²) in [5.74, 6) is 0.557. The van der Waals surface area contributed by atoms with E-state index in [2.05, 4.69) is 129 Å². The minimum atomic E-state index is -2.35. The minimum absolute atomic E-state index is 0.0387. The average Bonchev–Trinajstić information content (AvgIpc) is 3.59. The van der Waals surface area contributed by atoms with Crippen LogP contribution in [0, 0.1) is 17.8 Å². The van der Waals surface area contributed by atoms with Gasteiger partial charge in [0.05, 0.1) is 43.0 Å². The van der Waals surface area contributed by atoms with Crippen LogP contribution in [-0.2, 0) is 39.2 Å². The molecular formula is C44H77BNO8PSSi. The van der Waals surface area contributed by atoms with E-state index in [9.17, 15) is 0 Å². The van der Waals surface area contributed by atoms with Crippen LogP contribution in [0.4, 0.5) is 0 Å².